The molecule has 0 aliphatic carbocycles. The molecule has 0 bridgehead atoms. The highest BCUT2D eigenvalue weighted by Gasteiger charge is 2.18. The van der Waals surface area contributed by atoms with Gasteiger partial charge in [0.15, 0.2) is 0 Å². The Balaban J connectivity index is 2.07. The van der Waals surface area contributed by atoms with E-state index in [2.05, 4.69) is 5.32 Å². The van der Waals surface area contributed by atoms with Gasteiger partial charge < -0.3 is 10.2 Å². The fourth-order valence-electron chi connectivity index (χ4n) is 2.23. The van der Waals surface area contributed by atoms with Gasteiger partial charge in [-0.25, -0.2) is 0 Å². The van der Waals surface area contributed by atoms with Gasteiger partial charge in [0, 0.05) is 17.8 Å². The summed E-state index contributed by atoms with van der Waals surface area (Å²) in [7, 11) is 1.54. The number of benzene rings is 2. The van der Waals surface area contributed by atoms with Crippen molar-refractivity contribution in [2.45, 2.75) is 13.8 Å². The van der Waals surface area contributed by atoms with Crippen molar-refractivity contribution >= 4 is 40.7 Å². The van der Waals surface area contributed by atoms with Gasteiger partial charge in [-0.05, 0) is 49.2 Å². The number of rotatable bonds is 4. The van der Waals surface area contributed by atoms with Crippen molar-refractivity contribution in [1.82, 2.24) is 4.90 Å². The number of aryl methyl sites for hydroxylation is 1. The predicted octanol–water partition coefficient (Wildman–Crippen LogP) is 4.32. The van der Waals surface area contributed by atoms with E-state index in [-0.39, 0.29) is 23.9 Å². The number of halogens is 2. The maximum absolute atomic E-state index is 12.4. The van der Waals surface area contributed by atoms with E-state index < -0.39 is 0 Å². The molecule has 6 heteroatoms. The minimum Gasteiger partial charge on any atom is -0.332 e. The number of amides is 2. The SMILES string of the molecule is Cc1cccc(NC(=O)CN(C)C(=O)c2cc(Cl)ccc2Cl)c1C. The van der Waals surface area contributed by atoms with Gasteiger partial charge in [0.2, 0.25) is 5.91 Å². The van der Waals surface area contributed by atoms with E-state index in [1.807, 2.05) is 32.0 Å². The van der Waals surface area contributed by atoms with Gasteiger partial charge in [-0.1, -0.05) is 35.3 Å². The van der Waals surface area contributed by atoms with Crippen LogP contribution in [-0.2, 0) is 4.79 Å². The lowest BCUT2D eigenvalue weighted by molar-refractivity contribution is -0.116. The van der Waals surface area contributed by atoms with E-state index in [0.29, 0.717) is 10.0 Å². The van der Waals surface area contributed by atoms with Crippen molar-refractivity contribution < 1.29 is 9.59 Å². The Morgan fingerprint density at radius 2 is 1.83 bits per heavy atom. The molecule has 2 amide bonds. The molecule has 0 aliphatic rings. The van der Waals surface area contributed by atoms with Gasteiger partial charge in [-0.3, -0.25) is 9.59 Å². The molecule has 0 aliphatic heterocycles. The summed E-state index contributed by atoms with van der Waals surface area (Å²) in [4.78, 5) is 25.9. The zero-order valence-electron chi connectivity index (χ0n) is 13.7. The molecule has 2 aromatic carbocycles. The predicted molar refractivity (Wildman–Crippen MR) is 98.0 cm³/mol. The van der Waals surface area contributed by atoms with Crippen LogP contribution >= 0.6 is 23.2 Å². The van der Waals surface area contributed by atoms with E-state index in [0.717, 1.165) is 16.8 Å². The molecule has 0 unspecified atom stereocenters. The van der Waals surface area contributed by atoms with Crippen LogP contribution in [0.1, 0.15) is 21.5 Å². The second-order valence-corrected chi connectivity index (χ2v) is 6.42. The Morgan fingerprint density at radius 1 is 1.12 bits per heavy atom. The van der Waals surface area contributed by atoms with Crippen molar-refractivity contribution in [1.29, 1.82) is 0 Å². The van der Waals surface area contributed by atoms with Crippen LogP contribution in [0.4, 0.5) is 5.69 Å². The van der Waals surface area contributed by atoms with Crippen LogP contribution < -0.4 is 5.32 Å². The third-order valence-corrected chi connectivity index (χ3v) is 4.33. The number of hydrogen-bond acceptors (Lipinski definition) is 2. The summed E-state index contributed by atoms with van der Waals surface area (Å²) in [5, 5.41) is 3.53. The number of nitrogens with zero attached hydrogens (tertiary/aromatic N) is 1. The number of carbonyl (C=O) groups is 2. The molecule has 0 radical (unpaired) electrons. The van der Waals surface area contributed by atoms with Crippen LogP contribution in [0.5, 0.6) is 0 Å². The van der Waals surface area contributed by atoms with Crippen molar-refractivity contribution in [2.75, 3.05) is 18.9 Å². The van der Waals surface area contributed by atoms with Gasteiger partial charge in [0.05, 0.1) is 17.1 Å². The zero-order valence-corrected chi connectivity index (χ0v) is 15.2. The molecule has 0 spiro atoms. The monoisotopic (exact) mass is 364 g/mol. The summed E-state index contributed by atoms with van der Waals surface area (Å²) in [5.41, 5.74) is 3.09. The lowest BCUT2D eigenvalue weighted by Crippen LogP contribution is -2.35. The molecular formula is C18H18Cl2N2O2. The maximum Gasteiger partial charge on any atom is 0.255 e. The van der Waals surface area contributed by atoms with Crippen LogP contribution in [0.25, 0.3) is 0 Å². The zero-order chi connectivity index (χ0) is 17.9. The summed E-state index contributed by atoms with van der Waals surface area (Å²) >= 11 is 11.9. The fourth-order valence-corrected chi connectivity index (χ4v) is 2.60. The Bertz CT molecular complexity index is 791. The number of likely N-dealkylation sites (N-methyl/N-ethyl adjacent to an activating group) is 1. The Hall–Kier alpha value is -2.04. The van der Waals surface area contributed by atoms with E-state index >= 15 is 0 Å². The minimum atomic E-state index is -0.362. The van der Waals surface area contributed by atoms with Gasteiger partial charge in [0.25, 0.3) is 5.91 Å². The van der Waals surface area contributed by atoms with E-state index in [9.17, 15) is 9.59 Å². The molecule has 126 valence electrons. The Labute approximate surface area is 151 Å². The molecule has 0 fully saturated rings. The number of hydrogen-bond donors (Lipinski definition) is 1. The topological polar surface area (TPSA) is 49.4 Å². The molecule has 2 rings (SSSR count). The number of carbonyl (C=O) groups excluding carboxylic acids is 2. The Kier molecular flexibility index (Phi) is 5.86. The standard InChI is InChI=1S/C18H18Cl2N2O2/c1-11-5-4-6-16(12(11)2)21-17(23)10-22(3)18(24)14-9-13(19)7-8-15(14)20/h4-9H,10H2,1-3H3,(H,21,23). The summed E-state index contributed by atoms with van der Waals surface area (Å²) in [6.07, 6.45) is 0. The molecule has 0 atom stereocenters. The van der Waals surface area contributed by atoms with Crippen molar-refractivity contribution in [3.63, 3.8) is 0 Å². The smallest absolute Gasteiger partial charge is 0.255 e. The number of anilines is 1. The van der Waals surface area contributed by atoms with Crippen molar-refractivity contribution in [3.05, 3.63) is 63.1 Å². The van der Waals surface area contributed by atoms with Gasteiger partial charge in [-0.15, -0.1) is 0 Å². The highest BCUT2D eigenvalue weighted by atomic mass is 35.5. The largest absolute Gasteiger partial charge is 0.332 e. The second-order valence-electron chi connectivity index (χ2n) is 5.58. The highest BCUT2D eigenvalue weighted by molar-refractivity contribution is 6.35. The molecule has 4 nitrogen and oxygen atoms in total. The summed E-state index contributed by atoms with van der Waals surface area (Å²) in [6, 6.07) is 10.3. The van der Waals surface area contributed by atoms with Gasteiger partial charge in [0.1, 0.15) is 0 Å². The summed E-state index contributed by atoms with van der Waals surface area (Å²) < 4.78 is 0. The maximum atomic E-state index is 12.4. The average Bonchev–Trinajstić information content (AvgIpc) is 2.53. The van der Waals surface area contributed by atoms with Crippen LogP contribution in [0, 0.1) is 13.8 Å². The van der Waals surface area contributed by atoms with Gasteiger partial charge >= 0.3 is 0 Å². The first-order valence-corrected chi connectivity index (χ1v) is 8.11. The second kappa shape index (κ2) is 7.69. The molecule has 0 saturated heterocycles. The lowest BCUT2D eigenvalue weighted by atomic mass is 10.1. The first-order valence-electron chi connectivity index (χ1n) is 7.36. The van der Waals surface area contributed by atoms with Crippen LogP contribution in [0.15, 0.2) is 36.4 Å². The molecule has 2 aromatic rings. The average molecular weight is 365 g/mol. The normalized spacial score (nSPS) is 10.4. The quantitative estimate of drug-likeness (QED) is 0.877. The van der Waals surface area contributed by atoms with Crippen LogP contribution in [0.3, 0.4) is 0 Å². The highest BCUT2D eigenvalue weighted by Crippen LogP contribution is 2.22. The summed E-state index contributed by atoms with van der Waals surface area (Å²) in [6.45, 7) is 3.82. The third-order valence-electron chi connectivity index (χ3n) is 3.77. The van der Waals surface area contributed by atoms with E-state index in [1.165, 1.54) is 11.0 Å². The fraction of sp³-hybridized carbons (Fsp3) is 0.222. The van der Waals surface area contributed by atoms with E-state index in [1.54, 1.807) is 19.2 Å². The molecule has 0 heterocycles. The van der Waals surface area contributed by atoms with E-state index in [4.69, 9.17) is 23.2 Å². The first-order chi connectivity index (χ1) is 11.3. The molecular weight excluding hydrogens is 347 g/mol. The van der Waals surface area contributed by atoms with Gasteiger partial charge in [-0.2, -0.15) is 0 Å². The van der Waals surface area contributed by atoms with Crippen LogP contribution in [0.2, 0.25) is 10.0 Å². The van der Waals surface area contributed by atoms with Crippen molar-refractivity contribution in [3.8, 4) is 0 Å². The minimum absolute atomic E-state index is 0.0882. The molecule has 1 N–H and O–H groups in total. The third kappa shape index (κ3) is 4.28. The van der Waals surface area contributed by atoms with Crippen LogP contribution in [-0.4, -0.2) is 30.3 Å². The molecule has 0 saturated carbocycles. The van der Waals surface area contributed by atoms with Crippen molar-refractivity contribution in [2.24, 2.45) is 0 Å². The first kappa shape index (κ1) is 18.3. The lowest BCUT2D eigenvalue weighted by Gasteiger charge is -2.18. The molecule has 0 aromatic heterocycles. The molecule has 24 heavy (non-hydrogen) atoms. The summed E-state index contributed by atoms with van der Waals surface area (Å²) in [5.74, 6) is -0.642. The Morgan fingerprint density at radius 3 is 2.54 bits per heavy atom. The number of nitrogens with one attached hydrogen (secondary N) is 1.